The minimum absolute atomic E-state index is 0.0635. The molecule has 26 nitrogen and oxygen atoms in total. The zero-order valence-corrected chi connectivity index (χ0v) is 33.5. The Hall–Kier alpha value is -7.03. The fraction of sp³-hybridized carbons (Fsp3) is 0.471. The molecule has 0 aliphatic heterocycles. The van der Waals surface area contributed by atoms with E-state index in [9.17, 15) is 48.6 Å². The van der Waals surface area contributed by atoms with E-state index in [1.807, 2.05) is 0 Å². The summed E-state index contributed by atoms with van der Waals surface area (Å²) in [5.74, 6) is -8.35. The number of aromatic amines is 3. The Labute approximate surface area is 352 Å². The Morgan fingerprint density at radius 3 is 1.39 bits per heavy atom. The van der Waals surface area contributed by atoms with Crippen molar-refractivity contribution in [2.24, 2.45) is 22.2 Å². The van der Waals surface area contributed by atoms with Crippen molar-refractivity contribution < 1.29 is 48.6 Å². The molecule has 6 amide bonds. The summed E-state index contributed by atoms with van der Waals surface area (Å²) in [5, 5.41) is 34.0. The summed E-state index contributed by atoms with van der Waals surface area (Å²) in [7, 11) is 0. The van der Waals surface area contributed by atoms with Gasteiger partial charge < -0.3 is 74.3 Å². The van der Waals surface area contributed by atoms with Gasteiger partial charge in [0.1, 0.15) is 36.3 Å². The van der Waals surface area contributed by atoms with Crippen molar-refractivity contribution in [1.29, 1.82) is 0 Å². The van der Waals surface area contributed by atoms with Gasteiger partial charge in [0.05, 0.1) is 25.5 Å². The third kappa shape index (κ3) is 17.0. The lowest BCUT2D eigenvalue weighted by Crippen LogP contribution is -2.60. The standard InChI is InChI=1S/C34H50N16O10S/c35-9-26(51)45-25(13-61)32(58)46-20(3-4-27(52)53)28(54)48-23(7-18-11-39-15-43-18)30(56)50-24(8-19-12-40-16-44-19)31(57)49-22(6-17-10-38-14-42-17)29(55)47-21(33(59)60)2-1-5-41-34(36)37/h10-12,14-16,20-25,61H,1-9,13,35H2,(H,38,42)(H,39,43)(H,40,44)(H,45,51)(H,46,58)(H,47,55)(H,48,54)(H,49,57)(H,50,56)(H,52,53)(H,59,60)(H4,36,37,41)/t20-,21-,22-,23-,24-,25-/m0/s1. The molecular formula is C34H50N16O10S. The molecule has 17 N–H and O–H groups in total. The predicted molar refractivity (Wildman–Crippen MR) is 216 cm³/mol. The highest BCUT2D eigenvalue weighted by Gasteiger charge is 2.34. The molecule has 3 aromatic heterocycles. The summed E-state index contributed by atoms with van der Waals surface area (Å²) in [6, 6.07) is -8.56. The minimum Gasteiger partial charge on any atom is -0.481 e. The van der Waals surface area contributed by atoms with Gasteiger partial charge in [-0.1, -0.05) is 0 Å². The van der Waals surface area contributed by atoms with Gasteiger partial charge in [0.25, 0.3) is 0 Å². The van der Waals surface area contributed by atoms with Gasteiger partial charge in [-0.25, -0.2) is 19.7 Å². The van der Waals surface area contributed by atoms with E-state index >= 15 is 0 Å². The molecular weight excluding hydrogens is 825 g/mol. The first-order chi connectivity index (χ1) is 29.1. The van der Waals surface area contributed by atoms with Crippen molar-refractivity contribution in [3.63, 3.8) is 0 Å². The molecule has 3 aromatic rings. The molecule has 0 radical (unpaired) electrons. The number of thiol groups is 1. The number of hydrogen-bond acceptors (Lipinski definition) is 14. The first-order valence-corrected chi connectivity index (χ1v) is 19.3. The Bertz CT molecular complexity index is 1940. The molecule has 0 aromatic carbocycles. The van der Waals surface area contributed by atoms with Gasteiger partial charge in [-0.15, -0.1) is 0 Å². The fourth-order valence-corrected chi connectivity index (χ4v) is 5.84. The van der Waals surface area contributed by atoms with Crippen LogP contribution in [0.5, 0.6) is 0 Å². The van der Waals surface area contributed by atoms with Crippen LogP contribution in [0.2, 0.25) is 0 Å². The van der Waals surface area contributed by atoms with Crippen LogP contribution in [-0.4, -0.2) is 149 Å². The zero-order valence-electron chi connectivity index (χ0n) is 32.6. The lowest BCUT2D eigenvalue weighted by atomic mass is 10.0. The van der Waals surface area contributed by atoms with Crippen LogP contribution in [0.1, 0.15) is 42.8 Å². The number of hydrogen-bond donors (Lipinski definition) is 15. The van der Waals surface area contributed by atoms with Crippen molar-refractivity contribution in [1.82, 2.24) is 61.8 Å². The topological polar surface area (TPSA) is 426 Å². The number of nitrogens with one attached hydrogen (secondary N) is 9. The maximum Gasteiger partial charge on any atom is 0.326 e. The first-order valence-electron chi connectivity index (χ1n) is 18.6. The van der Waals surface area contributed by atoms with E-state index < -0.39 is 103 Å². The van der Waals surface area contributed by atoms with Crippen molar-refractivity contribution in [3.05, 3.63) is 54.7 Å². The molecule has 0 aliphatic carbocycles. The number of guanidine groups is 1. The zero-order chi connectivity index (χ0) is 44.9. The van der Waals surface area contributed by atoms with E-state index in [0.29, 0.717) is 17.1 Å². The molecule has 3 rings (SSSR count). The lowest BCUT2D eigenvalue weighted by molar-refractivity contribution is -0.142. The maximum atomic E-state index is 14.1. The maximum absolute atomic E-state index is 14.1. The van der Waals surface area contributed by atoms with E-state index in [2.05, 4.69) is 79.4 Å². The first kappa shape index (κ1) is 48.3. The number of carbonyl (C=O) groups is 8. The number of aliphatic imine (C=N–C) groups is 1. The lowest BCUT2D eigenvalue weighted by Gasteiger charge is -2.27. The van der Waals surface area contributed by atoms with E-state index in [1.54, 1.807) is 0 Å². The van der Waals surface area contributed by atoms with Gasteiger partial charge >= 0.3 is 11.9 Å². The van der Waals surface area contributed by atoms with E-state index in [4.69, 9.17) is 17.2 Å². The largest absolute Gasteiger partial charge is 0.481 e. The summed E-state index contributed by atoms with van der Waals surface area (Å²) in [6.45, 7) is -0.355. The predicted octanol–water partition coefficient (Wildman–Crippen LogP) is -5.32. The monoisotopic (exact) mass is 874 g/mol. The Balaban J connectivity index is 1.90. The number of carbonyl (C=O) groups excluding carboxylic acids is 6. The number of nitrogens with two attached hydrogens (primary N) is 3. The van der Waals surface area contributed by atoms with Crippen LogP contribution in [0.3, 0.4) is 0 Å². The molecule has 0 unspecified atom stereocenters. The molecule has 61 heavy (non-hydrogen) atoms. The number of carboxylic acids is 2. The van der Waals surface area contributed by atoms with Gasteiger partial charge in [0.2, 0.25) is 35.4 Å². The average molecular weight is 875 g/mol. The Morgan fingerprint density at radius 1 is 0.623 bits per heavy atom. The second kappa shape index (κ2) is 24.8. The summed E-state index contributed by atoms with van der Waals surface area (Å²) in [5.41, 5.74) is 17.1. The highest BCUT2D eigenvalue weighted by atomic mass is 32.1. The van der Waals surface area contributed by atoms with E-state index in [1.165, 1.54) is 37.6 Å². The minimum atomic E-state index is -1.54. The molecule has 0 fully saturated rings. The molecule has 0 aliphatic rings. The van der Waals surface area contributed by atoms with Gasteiger partial charge in [0, 0.05) is 73.7 Å². The number of H-pyrrole nitrogens is 3. The number of aliphatic carboxylic acids is 2. The highest BCUT2D eigenvalue weighted by molar-refractivity contribution is 7.80. The van der Waals surface area contributed by atoms with Crippen molar-refractivity contribution in [2.45, 2.75) is 81.2 Å². The van der Waals surface area contributed by atoms with Gasteiger partial charge in [-0.2, -0.15) is 12.6 Å². The Kier molecular flexibility index (Phi) is 19.6. The van der Waals surface area contributed by atoms with Gasteiger partial charge in [-0.3, -0.25) is 38.6 Å². The number of carboxylic acid groups (broad SMARTS) is 2. The molecule has 27 heteroatoms. The quantitative estimate of drug-likeness (QED) is 0.0147. The summed E-state index contributed by atoms with van der Waals surface area (Å²) < 4.78 is 0. The SMILES string of the molecule is NCC(=O)N[C@@H](CS)C(=O)N[C@@H](CCC(=O)O)C(=O)N[C@@H](Cc1cnc[nH]1)C(=O)N[C@@H](Cc1cnc[nH]1)C(=O)N[C@@H](Cc1cnc[nH]1)C(=O)N[C@@H](CCCN=C(N)N)C(=O)O. The molecule has 0 saturated heterocycles. The van der Waals surface area contributed by atoms with Crippen LogP contribution in [0, 0.1) is 0 Å². The third-order valence-corrected chi connectivity index (χ3v) is 9.06. The molecule has 0 bridgehead atoms. The van der Waals surface area contributed by atoms with Crippen molar-refractivity contribution in [3.8, 4) is 0 Å². The van der Waals surface area contributed by atoms with E-state index in [-0.39, 0.29) is 50.4 Å². The molecule has 332 valence electrons. The number of imidazole rings is 3. The summed E-state index contributed by atoms with van der Waals surface area (Å²) >= 11 is 4.06. The van der Waals surface area contributed by atoms with Crippen LogP contribution in [0.15, 0.2) is 42.6 Å². The molecule has 6 atom stereocenters. The third-order valence-electron chi connectivity index (χ3n) is 8.70. The number of aromatic nitrogens is 6. The van der Waals surface area contributed by atoms with Crippen LogP contribution < -0.4 is 49.1 Å². The number of rotatable bonds is 27. The number of amides is 6. The highest BCUT2D eigenvalue weighted by Crippen LogP contribution is 2.09. The van der Waals surface area contributed by atoms with Gasteiger partial charge in [0.15, 0.2) is 5.96 Å². The van der Waals surface area contributed by atoms with Crippen LogP contribution in [0.25, 0.3) is 0 Å². The van der Waals surface area contributed by atoms with Crippen LogP contribution >= 0.6 is 12.6 Å². The second-order valence-corrected chi connectivity index (χ2v) is 13.7. The van der Waals surface area contributed by atoms with Gasteiger partial charge in [-0.05, 0) is 19.3 Å². The summed E-state index contributed by atoms with van der Waals surface area (Å²) in [6.07, 6.45) is 6.58. The summed E-state index contributed by atoms with van der Waals surface area (Å²) in [4.78, 5) is 128. The average Bonchev–Trinajstić information content (AvgIpc) is 4.04. The Morgan fingerprint density at radius 2 is 1.03 bits per heavy atom. The van der Waals surface area contributed by atoms with Crippen molar-refractivity contribution >= 4 is 66.0 Å². The smallest absolute Gasteiger partial charge is 0.326 e. The van der Waals surface area contributed by atoms with Crippen LogP contribution in [0.4, 0.5) is 0 Å². The normalized spacial score (nSPS) is 13.8. The number of nitrogens with zero attached hydrogens (tertiary/aromatic N) is 4. The van der Waals surface area contributed by atoms with Crippen LogP contribution in [-0.2, 0) is 57.6 Å². The molecule has 3 heterocycles. The van der Waals surface area contributed by atoms with E-state index in [0.717, 1.165) is 0 Å². The molecule has 0 saturated carbocycles. The molecule has 0 spiro atoms. The fourth-order valence-electron chi connectivity index (χ4n) is 5.58. The van der Waals surface area contributed by atoms with Crippen molar-refractivity contribution in [2.75, 3.05) is 18.8 Å². The second-order valence-electron chi connectivity index (χ2n) is 13.4.